The summed E-state index contributed by atoms with van der Waals surface area (Å²) in [4.78, 5) is 81.0. The van der Waals surface area contributed by atoms with Gasteiger partial charge in [-0.1, -0.05) is 0 Å². The Morgan fingerprint density at radius 3 is 1.32 bits per heavy atom. The quantitative estimate of drug-likeness (QED) is 0.0914. The number of aliphatic carboxylic acids is 4. The Bertz CT molecular complexity index is 792. The number of carbonyl (C=O) groups is 7. The second-order valence-electron chi connectivity index (χ2n) is 7.11. The first-order chi connectivity index (χ1) is 15.8. The third kappa shape index (κ3) is 12.6. The number of thiol groups is 1. The number of rotatable bonds is 17. The topological polar surface area (TPSA) is 263 Å². The van der Waals surface area contributed by atoms with Crippen molar-refractivity contribution >= 4 is 54.2 Å². The fourth-order valence-corrected chi connectivity index (χ4v) is 2.74. The predicted octanol–water partition coefficient (Wildman–Crippen LogP) is -2.62. The SMILES string of the molecule is NC(CCC(=O)O)C(=O)NC(CCC(=O)O)C(=O)NC(CCC(=O)O)C(=O)NC(CS)C(=O)O. The first kappa shape index (κ1) is 30.6. The van der Waals surface area contributed by atoms with Crippen LogP contribution in [-0.2, 0) is 33.6 Å². The molecule has 0 spiro atoms. The van der Waals surface area contributed by atoms with Crippen molar-refractivity contribution in [3.05, 3.63) is 0 Å². The Morgan fingerprint density at radius 1 is 0.618 bits per heavy atom. The van der Waals surface area contributed by atoms with Crippen LogP contribution in [0.2, 0.25) is 0 Å². The summed E-state index contributed by atoms with van der Waals surface area (Å²) in [6, 6.07) is -5.81. The van der Waals surface area contributed by atoms with Crippen molar-refractivity contribution in [2.45, 2.75) is 62.7 Å². The van der Waals surface area contributed by atoms with Crippen LogP contribution in [0.4, 0.5) is 0 Å². The Kier molecular flexibility index (Phi) is 13.9. The van der Waals surface area contributed by atoms with Crippen LogP contribution in [0.5, 0.6) is 0 Å². The lowest BCUT2D eigenvalue weighted by Crippen LogP contribution is -2.57. The molecule has 192 valence electrons. The highest BCUT2D eigenvalue weighted by Crippen LogP contribution is 2.05. The van der Waals surface area contributed by atoms with Gasteiger partial charge in [0.05, 0.1) is 6.04 Å². The minimum atomic E-state index is -1.53. The summed E-state index contributed by atoms with van der Waals surface area (Å²) >= 11 is 3.79. The molecule has 0 bridgehead atoms. The highest BCUT2D eigenvalue weighted by molar-refractivity contribution is 7.80. The molecule has 0 aliphatic heterocycles. The van der Waals surface area contributed by atoms with E-state index in [2.05, 4.69) is 28.6 Å². The molecular formula is C18H28N4O11S. The Labute approximate surface area is 198 Å². The molecule has 0 radical (unpaired) electrons. The molecule has 0 aromatic heterocycles. The molecular weight excluding hydrogens is 480 g/mol. The summed E-state index contributed by atoms with van der Waals surface area (Å²) in [6.45, 7) is 0. The number of hydrogen-bond donors (Lipinski definition) is 9. The van der Waals surface area contributed by atoms with Crippen LogP contribution in [0.15, 0.2) is 0 Å². The molecule has 15 nitrogen and oxygen atoms in total. The van der Waals surface area contributed by atoms with E-state index in [9.17, 15) is 33.6 Å². The van der Waals surface area contributed by atoms with Gasteiger partial charge in [-0.3, -0.25) is 28.8 Å². The Balaban J connectivity index is 5.52. The fraction of sp³-hybridized carbons (Fsp3) is 0.611. The van der Waals surface area contributed by atoms with E-state index in [-0.39, 0.29) is 12.2 Å². The van der Waals surface area contributed by atoms with Gasteiger partial charge in [0.1, 0.15) is 18.1 Å². The van der Waals surface area contributed by atoms with Crippen molar-refractivity contribution in [1.82, 2.24) is 16.0 Å². The lowest BCUT2D eigenvalue weighted by Gasteiger charge is -2.24. The first-order valence-corrected chi connectivity index (χ1v) is 10.6. The van der Waals surface area contributed by atoms with E-state index in [4.69, 9.17) is 26.2 Å². The van der Waals surface area contributed by atoms with Gasteiger partial charge < -0.3 is 42.1 Å². The normalized spacial score (nSPS) is 14.1. The van der Waals surface area contributed by atoms with Gasteiger partial charge in [-0.2, -0.15) is 12.6 Å². The number of carboxylic acids is 4. The second-order valence-corrected chi connectivity index (χ2v) is 7.47. The molecule has 34 heavy (non-hydrogen) atoms. The van der Waals surface area contributed by atoms with Crippen LogP contribution in [0.3, 0.4) is 0 Å². The minimum absolute atomic E-state index is 0.265. The van der Waals surface area contributed by atoms with E-state index < -0.39 is 97.9 Å². The maximum absolute atomic E-state index is 12.7. The van der Waals surface area contributed by atoms with Crippen molar-refractivity contribution in [3.8, 4) is 0 Å². The van der Waals surface area contributed by atoms with E-state index in [0.29, 0.717) is 0 Å². The first-order valence-electron chi connectivity index (χ1n) is 9.94. The molecule has 16 heteroatoms. The zero-order chi connectivity index (χ0) is 26.4. The molecule has 4 unspecified atom stereocenters. The van der Waals surface area contributed by atoms with E-state index >= 15 is 0 Å². The van der Waals surface area contributed by atoms with Crippen molar-refractivity contribution in [1.29, 1.82) is 0 Å². The lowest BCUT2D eigenvalue weighted by molar-refractivity contribution is -0.142. The molecule has 0 aromatic rings. The van der Waals surface area contributed by atoms with Gasteiger partial charge in [-0.05, 0) is 19.3 Å². The number of amides is 3. The van der Waals surface area contributed by atoms with E-state index in [1.807, 2.05) is 0 Å². The largest absolute Gasteiger partial charge is 0.481 e. The second kappa shape index (κ2) is 15.4. The fourth-order valence-electron chi connectivity index (χ4n) is 2.49. The number of hydrogen-bond acceptors (Lipinski definition) is 9. The molecule has 3 amide bonds. The standard InChI is InChI=1S/C18H28N4O11S/c19-8(1-4-12(23)24)15(29)20-9(2-5-13(25)26)16(30)21-10(3-6-14(27)28)17(31)22-11(7-34)18(32)33/h8-11,34H,1-7,19H2,(H,20,29)(H,21,30)(H,22,31)(H,23,24)(H,25,26)(H,27,28)(H,32,33). The zero-order valence-electron chi connectivity index (χ0n) is 17.9. The van der Waals surface area contributed by atoms with Gasteiger partial charge in [-0.25, -0.2) is 4.79 Å². The highest BCUT2D eigenvalue weighted by Gasteiger charge is 2.30. The molecule has 0 aliphatic rings. The van der Waals surface area contributed by atoms with Crippen LogP contribution in [0.25, 0.3) is 0 Å². The average molecular weight is 509 g/mol. The number of carboxylic acid groups (broad SMARTS) is 4. The third-order valence-corrected chi connectivity index (χ3v) is 4.73. The summed E-state index contributed by atoms with van der Waals surface area (Å²) in [5.41, 5.74) is 5.58. The summed E-state index contributed by atoms with van der Waals surface area (Å²) < 4.78 is 0. The zero-order valence-corrected chi connectivity index (χ0v) is 18.8. The lowest BCUT2D eigenvalue weighted by atomic mass is 10.1. The molecule has 0 saturated carbocycles. The van der Waals surface area contributed by atoms with Gasteiger partial charge in [0.2, 0.25) is 17.7 Å². The maximum atomic E-state index is 12.7. The third-order valence-electron chi connectivity index (χ3n) is 4.36. The van der Waals surface area contributed by atoms with Gasteiger partial charge >= 0.3 is 23.9 Å². The van der Waals surface area contributed by atoms with Crippen LogP contribution in [-0.4, -0.2) is 91.9 Å². The van der Waals surface area contributed by atoms with Crippen molar-refractivity contribution in [2.75, 3.05) is 5.75 Å². The molecule has 0 aromatic carbocycles. The Hall–Kier alpha value is -3.40. The molecule has 0 fully saturated rings. The van der Waals surface area contributed by atoms with Crippen molar-refractivity contribution < 1.29 is 54.0 Å². The van der Waals surface area contributed by atoms with E-state index in [1.165, 1.54) is 0 Å². The van der Waals surface area contributed by atoms with Crippen LogP contribution in [0.1, 0.15) is 38.5 Å². The van der Waals surface area contributed by atoms with Crippen LogP contribution >= 0.6 is 12.6 Å². The number of carbonyl (C=O) groups excluding carboxylic acids is 3. The average Bonchev–Trinajstić information content (AvgIpc) is 2.74. The molecule has 0 heterocycles. The highest BCUT2D eigenvalue weighted by atomic mass is 32.1. The summed E-state index contributed by atoms with van der Waals surface area (Å²) in [5, 5.41) is 42.0. The molecule has 4 atom stereocenters. The Morgan fingerprint density at radius 2 is 0.971 bits per heavy atom. The summed E-state index contributed by atoms with van der Waals surface area (Å²) in [5.74, 6) is -8.58. The van der Waals surface area contributed by atoms with E-state index in [0.717, 1.165) is 0 Å². The maximum Gasteiger partial charge on any atom is 0.327 e. The molecule has 9 N–H and O–H groups in total. The van der Waals surface area contributed by atoms with Crippen LogP contribution < -0.4 is 21.7 Å². The van der Waals surface area contributed by atoms with Gasteiger partial charge in [0.15, 0.2) is 0 Å². The predicted molar refractivity (Wildman–Crippen MR) is 116 cm³/mol. The van der Waals surface area contributed by atoms with E-state index in [1.54, 1.807) is 0 Å². The molecule has 0 saturated heterocycles. The monoisotopic (exact) mass is 508 g/mol. The summed E-state index contributed by atoms with van der Waals surface area (Å²) in [6.07, 6.45) is -2.73. The summed E-state index contributed by atoms with van der Waals surface area (Å²) in [7, 11) is 0. The van der Waals surface area contributed by atoms with Gasteiger partial charge in [0.25, 0.3) is 0 Å². The number of nitrogens with one attached hydrogen (secondary N) is 3. The van der Waals surface area contributed by atoms with Gasteiger partial charge in [0, 0.05) is 25.0 Å². The molecule has 0 aliphatic carbocycles. The number of nitrogens with two attached hydrogens (primary N) is 1. The van der Waals surface area contributed by atoms with Gasteiger partial charge in [-0.15, -0.1) is 0 Å². The van der Waals surface area contributed by atoms with Crippen molar-refractivity contribution in [2.24, 2.45) is 5.73 Å². The van der Waals surface area contributed by atoms with Crippen molar-refractivity contribution in [3.63, 3.8) is 0 Å². The smallest absolute Gasteiger partial charge is 0.327 e. The minimum Gasteiger partial charge on any atom is -0.481 e. The molecule has 0 rings (SSSR count). The van der Waals surface area contributed by atoms with Crippen LogP contribution in [0, 0.1) is 0 Å².